The Hall–Kier alpha value is -2.17. The minimum atomic E-state index is -0.255. The van der Waals surface area contributed by atoms with Gasteiger partial charge < -0.3 is 4.57 Å². The van der Waals surface area contributed by atoms with Crippen molar-refractivity contribution in [3.63, 3.8) is 0 Å². The highest BCUT2D eigenvalue weighted by Gasteiger charge is 2.09. The van der Waals surface area contributed by atoms with E-state index in [0.29, 0.717) is 5.56 Å². The molecule has 0 radical (unpaired) electrons. The molecule has 0 aliphatic carbocycles. The molecule has 0 aromatic carbocycles. The van der Waals surface area contributed by atoms with E-state index in [1.165, 1.54) is 10.7 Å². The number of carbonyl (C=O) groups is 1. The second-order valence-corrected chi connectivity index (χ2v) is 4.02. The van der Waals surface area contributed by atoms with Crippen molar-refractivity contribution in [3.05, 3.63) is 52.2 Å². The summed E-state index contributed by atoms with van der Waals surface area (Å²) >= 11 is 0. The van der Waals surface area contributed by atoms with E-state index in [1.54, 1.807) is 36.1 Å². The van der Waals surface area contributed by atoms with Gasteiger partial charge in [0.2, 0.25) is 0 Å². The lowest BCUT2D eigenvalue weighted by molar-refractivity contribution is 0.0965. The molecule has 2 heterocycles. The highest BCUT2D eigenvalue weighted by Crippen LogP contribution is 2.01. The molecule has 0 amide bonds. The van der Waals surface area contributed by atoms with Gasteiger partial charge in [-0.05, 0) is 18.6 Å². The molecule has 0 saturated heterocycles. The van der Waals surface area contributed by atoms with Gasteiger partial charge in [0.1, 0.15) is 6.54 Å². The van der Waals surface area contributed by atoms with Crippen LogP contribution < -0.4 is 5.56 Å². The van der Waals surface area contributed by atoms with Gasteiger partial charge >= 0.3 is 0 Å². The molecule has 5 nitrogen and oxygen atoms in total. The zero-order valence-electron chi connectivity index (χ0n) is 9.75. The van der Waals surface area contributed by atoms with E-state index in [0.717, 1.165) is 5.56 Å². The molecule has 0 bridgehead atoms. The van der Waals surface area contributed by atoms with E-state index < -0.39 is 0 Å². The number of ketones is 1. The van der Waals surface area contributed by atoms with Gasteiger partial charge in [-0.15, -0.1) is 0 Å². The summed E-state index contributed by atoms with van der Waals surface area (Å²) in [5, 5.41) is 3.93. The van der Waals surface area contributed by atoms with Gasteiger partial charge in [-0.3, -0.25) is 9.59 Å². The van der Waals surface area contributed by atoms with Crippen molar-refractivity contribution in [1.82, 2.24) is 14.3 Å². The summed E-state index contributed by atoms with van der Waals surface area (Å²) in [5.74, 6) is -0.121. The van der Waals surface area contributed by atoms with E-state index in [9.17, 15) is 9.59 Å². The number of aromatic nitrogens is 3. The molecular formula is C12H13N3O2. The summed E-state index contributed by atoms with van der Waals surface area (Å²) in [6.07, 6.45) is 5.08. The molecule has 0 aliphatic rings. The van der Waals surface area contributed by atoms with Crippen LogP contribution >= 0.6 is 0 Å². The molecule has 5 heteroatoms. The van der Waals surface area contributed by atoms with E-state index in [4.69, 9.17) is 0 Å². The topological polar surface area (TPSA) is 56.9 Å². The van der Waals surface area contributed by atoms with Gasteiger partial charge in [0.05, 0.1) is 6.20 Å². The van der Waals surface area contributed by atoms with Crippen LogP contribution in [0.5, 0.6) is 0 Å². The fraction of sp³-hybridized carbons (Fsp3) is 0.250. The number of Topliss-reactive ketones (excluding diaryl/α,β-unsaturated/α-hetero) is 1. The predicted octanol–water partition coefficient (Wildman–Crippen LogP) is 0.773. The van der Waals surface area contributed by atoms with Crippen LogP contribution in [0.4, 0.5) is 0 Å². The number of nitrogens with zero attached hydrogens (tertiary/aromatic N) is 3. The number of hydrogen-bond acceptors (Lipinski definition) is 3. The Labute approximate surface area is 98.3 Å². The van der Waals surface area contributed by atoms with Crippen LogP contribution in [0.15, 0.2) is 35.5 Å². The molecule has 0 N–H and O–H groups in total. The molecule has 0 atom stereocenters. The van der Waals surface area contributed by atoms with Crippen molar-refractivity contribution in [2.45, 2.75) is 13.5 Å². The third-order valence-corrected chi connectivity index (χ3v) is 2.45. The van der Waals surface area contributed by atoms with E-state index >= 15 is 0 Å². The van der Waals surface area contributed by atoms with E-state index in [2.05, 4.69) is 5.10 Å². The first-order valence-corrected chi connectivity index (χ1v) is 5.25. The third-order valence-electron chi connectivity index (χ3n) is 2.45. The summed E-state index contributed by atoms with van der Waals surface area (Å²) in [5.41, 5.74) is 1.12. The second kappa shape index (κ2) is 4.37. The molecular weight excluding hydrogens is 218 g/mol. The Morgan fingerprint density at radius 2 is 2.24 bits per heavy atom. The van der Waals surface area contributed by atoms with Crippen molar-refractivity contribution < 1.29 is 4.79 Å². The van der Waals surface area contributed by atoms with Crippen molar-refractivity contribution in [2.24, 2.45) is 7.05 Å². The van der Waals surface area contributed by atoms with Crippen LogP contribution in [0.25, 0.3) is 0 Å². The van der Waals surface area contributed by atoms with Gasteiger partial charge in [0.15, 0.2) is 5.78 Å². The monoisotopic (exact) mass is 231 g/mol. The molecule has 17 heavy (non-hydrogen) atoms. The SMILES string of the molecule is Cc1cnn(CC(=O)c2ccn(C)c2)c(=O)c1. The summed E-state index contributed by atoms with van der Waals surface area (Å²) in [7, 11) is 1.84. The third kappa shape index (κ3) is 2.50. The van der Waals surface area contributed by atoms with Crippen molar-refractivity contribution in [2.75, 3.05) is 0 Å². The molecule has 0 unspecified atom stereocenters. The fourth-order valence-electron chi connectivity index (χ4n) is 1.54. The largest absolute Gasteiger partial charge is 0.357 e. The fourth-order valence-corrected chi connectivity index (χ4v) is 1.54. The lowest BCUT2D eigenvalue weighted by Gasteiger charge is -2.02. The summed E-state index contributed by atoms with van der Waals surface area (Å²) in [4.78, 5) is 23.4. The van der Waals surface area contributed by atoms with Crippen LogP contribution in [0.2, 0.25) is 0 Å². The van der Waals surface area contributed by atoms with Crippen LogP contribution in [0.1, 0.15) is 15.9 Å². The first-order valence-electron chi connectivity index (χ1n) is 5.25. The maximum absolute atomic E-state index is 11.9. The highest BCUT2D eigenvalue weighted by atomic mass is 16.1. The minimum absolute atomic E-state index is 0.0247. The van der Waals surface area contributed by atoms with E-state index in [1.807, 2.05) is 7.05 Å². The van der Waals surface area contributed by atoms with Crippen LogP contribution in [0, 0.1) is 6.92 Å². The first-order chi connectivity index (χ1) is 8.06. The Balaban J connectivity index is 2.21. The van der Waals surface area contributed by atoms with Gasteiger partial charge in [-0.25, -0.2) is 4.68 Å². The Morgan fingerprint density at radius 1 is 1.47 bits per heavy atom. The van der Waals surface area contributed by atoms with Gasteiger partial charge in [-0.1, -0.05) is 0 Å². The maximum Gasteiger partial charge on any atom is 0.267 e. The zero-order valence-corrected chi connectivity index (χ0v) is 9.75. The Bertz CT molecular complexity index is 610. The summed E-state index contributed by atoms with van der Waals surface area (Å²) < 4.78 is 2.96. The first kappa shape index (κ1) is 11.3. The normalized spacial score (nSPS) is 10.5. The highest BCUT2D eigenvalue weighted by molar-refractivity contribution is 5.95. The molecule has 2 aromatic rings. The molecule has 2 aromatic heterocycles. The standard InChI is InChI=1S/C12H13N3O2/c1-9-5-12(17)15(13-6-9)8-11(16)10-3-4-14(2)7-10/h3-7H,8H2,1-2H3. The van der Waals surface area contributed by atoms with Crippen LogP contribution in [-0.4, -0.2) is 20.1 Å². The van der Waals surface area contributed by atoms with Crippen LogP contribution in [0.3, 0.4) is 0 Å². The number of aryl methyl sites for hydroxylation is 2. The second-order valence-electron chi connectivity index (χ2n) is 4.02. The lowest BCUT2D eigenvalue weighted by Crippen LogP contribution is -2.26. The van der Waals surface area contributed by atoms with Gasteiger partial charge in [0.25, 0.3) is 5.56 Å². The van der Waals surface area contributed by atoms with Gasteiger partial charge in [-0.2, -0.15) is 5.10 Å². The zero-order chi connectivity index (χ0) is 12.4. The van der Waals surface area contributed by atoms with Gasteiger partial charge in [0, 0.05) is 31.1 Å². The summed E-state index contributed by atoms with van der Waals surface area (Å²) in [6, 6.07) is 3.19. The molecule has 0 saturated carbocycles. The summed E-state index contributed by atoms with van der Waals surface area (Å²) in [6.45, 7) is 1.76. The smallest absolute Gasteiger partial charge is 0.267 e. The van der Waals surface area contributed by atoms with Crippen molar-refractivity contribution >= 4 is 5.78 Å². The van der Waals surface area contributed by atoms with Crippen molar-refractivity contribution in [3.8, 4) is 0 Å². The molecule has 2 rings (SSSR count). The lowest BCUT2D eigenvalue weighted by atomic mass is 10.2. The quantitative estimate of drug-likeness (QED) is 0.733. The average molecular weight is 231 g/mol. The van der Waals surface area contributed by atoms with Crippen LogP contribution in [-0.2, 0) is 13.6 Å². The molecule has 0 fully saturated rings. The Kier molecular flexibility index (Phi) is 2.91. The maximum atomic E-state index is 11.9. The average Bonchev–Trinajstić information content (AvgIpc) is 2.69. The predicted molar refractivity (Wildman–Crippen MR) is 63.0 cm³/mol. The van der Waals surface area contributed by atoms with E-state index in [-0.39, 0.29) is 17.9 Å². The molecule has 0 spiro atoms. The molecule has 0 aliphatic heterocycles. The minimum Gasteiger partial charge on any atom is -0.357 e. The molecule has 88 valence electrons. The number of hydrogen-bond donors (Lipinski definition) is 0. The number of carbonyl (C=O) groups excluding carboxylic acids is 1. The Morgan fingerprint density at radius 3 is 2.82 bits per heavy atom. The number of rotatable bonds is 3. The van der Waals surface area contributed by atoms with Crippen molar-refractivity contribution in [1.29, 1.82) is 0 Å².